The Kier molecular flexibility index (Phi) is 3.35. The van der Waals surface area contributed by atoms with Gasteiger partial charge >= 0.3 is 0 Å². The fourth-order valence-electron chi connectivity index (χ4n) is 0.918. The smallest absolute Gasteiger partial charge is 0.258 e. The third kappa shape index (κ3) is 2.98. The van der Waals surface area contributed by atoms with E-state index in [9.17, 15) is 18.5 Å². The van der Waals surface area contributed by atoms with Crippen molar-refractivity contribution in [2.75, 3.05) is 0 Å². The Morgan fingerprint density at radius 3 is 2.29 bits per heavy atom. The molecule has 0 aromatic heterocycles. The lowest BCUT2D eigenvalue weighted by Crippen LogP contribution is -1.90. The average Bonchev–Trinajstić information content (AvgIpc) is 2.15. The molecule has 0 saturated carbocycles. The van der Waals surface area contributed by atoms with Gasteiger partial charge < -0.3 is 0 Å². The van der Waals surface area contributed by atoms with Crippen LogP contribution in [0.15, 0.2) is 24.3 Å². The van der Waals surface area contributed by atoms with Crippen LogP contribution in [0.5, 0.6) is 0 Å². The van der Waals surface area contributed by atoms with Crippen molar-refractivity contribution < 1.29 is 13.3 Å². The minimum atomic E-state index is -2.19. The summed E-state index contributed by atoms with van der Waals surface area (Å²) in [5.41, 5.74) is 0.719. The first kappa shape index (κ1) is 10.4. The van der Waals surface area contributed by atoms with Crippen LogP contribution in [0.3, 0.4) is 0 Å². The topological polar surface area (TPSA) is 77.3 Å². The van der Waals surface area contributed by atoms with E-state index in [1.807, 2.05) is 0 Å². The highest BCUT2D eigenvalue weighted by atomic mass is 32.2. The largest absolute Gasteiger partial charge is 0.269 e. The Morgan fingerprint density at radius 1 is 1.29 bits per heavy atom. The van der Waals surface area contributed by atoms with Crippen molar-refractivity contribution in [3.63, 3.8) is 0 Å². The summed E-state index contributed by atoms with van der Waals surface area (Å²) in [7, 11) is -2.19. The summed E-state index contributed by atoms with van der Waals surface area (Å²) < 4.78 is 20.4. The van der Waals surface area contributed by atoms with Crippen molar-refractivity contribution in [2.45, 2.75) is 6.42 Å². The summed E-state index contributed by atoms with van der Waals surface area (Å²) in [5, 5.41) is 11.4. The van der Waals surface area contributed by atoms with Crippen molar-refractivity contribution in [2.24, 2.45) is 0 Å². The van der Waals surface area contributed by atoms with Crippen LogP contribution >= 0.6 is 0 Å². The first-order valence-corrected chi connectivity index (χ1v) is 4.88. The Balaban J connectivity index is 2.84. The molecule has 5 nitrogen and oxygen atoms in total. The van der Waals surface area contributed by atoms with E-state index in [2.05, 4.69) is 0 Å². The van der Waals surface area contributed by atoms with Gasteiger partial charge in [0, 0.05) is 23.9 Å². The van der Waals surface area contributed by atoms with Gasteiger partial charge in [0.2, 0.25) is 10.3 Å². The summed E-state index contributed by atoms with van der Waals surface area (Å²) in [5.74, 6) is 0. The van der Waals surface area contributed by atoms with Crippen molar-refractivity contribution in [3.05, 3.63) is 39.9 Å². The molecule has 0 fully saturated rings. The quantitative estimate of drug-likeness (QED) is 0.423. The summed E-state index contributed by atoms with van der Waals surface area (Å²) in [6.07, 6.45) is 0.258. The highest BCUT2D eigenvalue weighted by Gasteiger charge is 2.02. The van der Waals surface area contributed by atoms with E-state index in [0.29, 0.717) is 0 Å². The molecule has 0 amide bonds. The van der Waals surface area contributed by atoms with Crippen molar-refractivity contribution >= 4 is 21.3 Å². The number of non-ortho nitro benzene ring substituents is 1. The number of hydrogen-bond donors (Lipinski definition) is 0. The lowest BCUT2D eigenvalue weighted by Gasteiger charge is -1.93. The molecule has 0 aliphatic heterocycles. The zero-order valence-electron chi connectivity index (χ0n) is 7.08. The van der Waals surface area contributed by atoms with Crippen LogP contribution in [-0.4, -0.2) is 18.7 Å². The number of nitro groups is 1. The van der Waals surface area contributed by atoms with Gasteiger partial charge in [-0.2, -0.15) is 8.42 Å². The Bertz CT molecular complexity index is 453. The van der Waals surface area contributed by atoms with Crippen LogP contribution < -0.4 is 0 Å². The van der Waals surface area contributed by atoms with Crippen molar-refractivity contribution in [1.82, 2.24) is 0 Å². The second kappa shape index (κ2) is 4.52. The van der Waals surface area contributed by atoms with Crippen LogP contribution in [0.25, 0.3) is 0 Å². The van der Waals surface area contributed by atoms with Crippen LogP contribution in [0.2, 0.25) is 0 Å². The van der Waals surface area contributed by atoms with Gasteiger partial charge in [-0.1, -0.05) is 12.1 Å². The third-order valence-corrected chi connectivity index (χ3v) is 2.04. The molecule has 0 saturated heterocycles. The van der Waals surface area contributed by atoms with Crippen LogP contribution in [0, 0.1) is 10.1 Å². The first-order chi connectivity index (χ1) is 6.59. The number of benzene rings is 1. The van der Waals surface area contributed by atoms with E-state index < -0.39 is 15.2 Å². The van der Waals surface area contributed by atoms with E-state index in [1.165, 1.54) is 24.3 Å². The SMILES string of the molecule is O=[N+]([O-])c1ccc(CC=S(=O)=O)cc1. The minimum absolute atomic E-state index is 0.00278. The van der Waals surface area contributed by atoms with Gasteiger partial charge in [-0.15, -0.1) is 0 Å². The number of nitro benzene ring substituents is 1. The zero-order chi connectivity index (χ0) is 10.6. The van der Waals surface area contributed by atoms with Gasteiger partial charge in [-0.05, 0) is 5.56 Å². The van der Waals surface area contributed by atoms with Crippen molar-refractivity contribution in [3.8, 4) is 0 Å². The molecule has 0 aliphatic rings. The predicted octanol–water partition coefficient (Wildman–Crippen LogP) is 0.819. The lowest BCUT2D eigenvalue weighted by atomic mass is 10.2. The molecule has 0 atom stereocenters. The normalized spacial score (nSPS) is 9.43. The third-order valence-electron chi connectivity index (χ3n) is 1.60. The van der Waals surface area contributed by atoms with Crippen LogP contribution in [0.1, 0.15) is 5.56 Å². The fraction of sp³-hybridized carbons (Fsp3) is 0.125. The number of rotatable bonds is 3. The second-order valence-corrected chi connectivity index (χ2v) is 3.41. The maximum atomic E-state index is 10.3. The maximum Gasteiger partial charge on any atom is 0.269 e. The molecule has 1 aromatic rings. The number of nitrogens with zero attached hydrogens (tertiary/aromatic N) is 1. The summed E-state index contributed by atoms with van der Waals surface area (Å²) >= 11 is 0. The van der Waals surface area contributed by atoms with Gasteiger partial charge in [0.05, 0.1) is 4.92 Å². The summed E-state index contributed by atoms with van der Waals surface area (Å²) in [4.78, 5) is 9.78. The van der Waals surface area contributed by atoms with Gasteiger partial charge in [-0.3, -0.25) is 10.1 Å². The molecule has 0 spiro atoms. The molecule has 14 heavy (non-hydrogen) atoms. The average molecular weight is 213 g/mol. The molecule has 0 unspecified atom stereocenters. The van der Waals surface area contributed by atoms with Crippen LogP contribution in [0.4, 0.5) is 5.69 Å². The number of hydrogen-bond acceptors (Lipinski definition) is 4. The molecule has 0 N–H and O–H groups in total. The van der Waals surface area contributed by atoms with Crippen LogP contribution in [-0.2, 0) is 16.7 Å². The highest BCUT2D eigenvalue weighted by molar-refractivity contribution is 7.71. The molecular weight excluding hydrogens is 206 g/mol. The minimum Gasteiger partial charge on any atom is -0.258 e. The van der Waals surface area contributed by atoms with Gasteiger partial charge in [-0.25, -0.2) is 0 Å². The molecular formula is C8H7NO4S. The molecule has 0 radical (unpaired) electrons. The molecule has 0 heterocycles. The monoisotopic (exact) mass is 213 g/mol. The van der Waals surface area contributed by atoms with E-state index >= 15 is 0 Å². The molecule has 0 aliphatic carbocycles. The Hall–Kier alpha value is -1.69. The van der Waals surface area contributed by atoms with E-state index in [-0.39, 0.29) is 12.1 Å². The summed E-state index contributed by atoms with van der Waals surface area (Å²) in [6.45, 7) is 0. The van der Waals surface area contributed by atoms with Gasteiger partial charge in [0.25, 0.3) is 5.69 Å². The first-order valence-electron chi connectivity index (χ1n) is 3.74. The molecule has 0 bridgehead atoms. The Morgan fingerprint density at radius 2 is 1.86 bits per heavy atom. The molecule has 1 rings (SSSR count). The van der Waals surface area contributed by atoms with Gasteiger partial charge in [0.15, 0.2) is 0 Å². The van der Waals surface area contributed by atoms with E-state index in [0.717, 1.165) is 10.9 Å². The Labute approximate surface area is 81.7 Å². The predicted molar refractivity (Wildman–Crippen MR) is 51.8 cm³/mol. The van der Waals surface area contributed by atoms with E-state index in [4.69, 9.17) is 0 Å². The molecule has 74 valence electrons. The van der Waals surface area contributed by atoms with Crippen molar-refractivity contribution in [1.29, 1.82) is 0 Å². The maximum absolute atomic E-state index is 10.3. The molecule has 6 heteroatoms. The lowest BCUT2D eigenvalue weighted by molar-refractivity contribution is -0.384. The fourth-order valence-corrected chi connectivity index (χ4v) is 1.25. The van der Waals surface area contributed by atoms with E-state index in [1.54, 1.807) is 0 Å². The summed E-state index contributed by atoms with van der Waals surface area (Å²) in [6, 6.07) is 5.75. The standard InChI is InChI=1S/C8H7NO4S/c10-9(11)8-3-1-7(2-4-8)5-6-14(12)13/h1-4,6H,5H2. The zero-order valence-corrected chi connectivity index (χ0v) is 7.90. The van der Waals surface area contributed by atoms with Gasteiger partial charge in [0.1, 0.15) is 0 Å². The second-order valence-electron chi connectivity index (χ2n) is 2.55. The highest BCUT2D eigenvalue weighted by Crippen LogP contribution is 2.11. The molecule has 1 aromatic carbocycles.